The number of halogens is 2. The van der Waals surface area contributed by atoms with Crippen molar-refractivity contribution in [3.8, 4) is 5.75 Å². The number of nitrogens with zero attached hydrogens (tertiary/aromatic N) is 2. The number of benzene rings is 3. The Balaban J connectivity index is 1.22. The largest absolute Gasteiger partial charge is 0.491 e. The van der Waals surface area contributed by atoms with Crippen LogP contribution < -0.4 is 9.64 Å². The maximum Gasteiger partial charge on any atom is 0.193 e. The van der Waals surface area contributed by atoms with Crippen molar-refractivity contribution in [2.24, 2.45) is 0 Å². The number of anilines is 1. The van der Waals surface area contributed by atoms with Gasteiger partial charge in [-0.25, -0.2) is 0 Å². The minimum absolute atomic E-state index is 0.0274. The van der Waals surface area contributed by atoms with Gasteiger partial charge in [0.25, 0.3) is 0 Å². The Labute approximate surface area is 204 Å². The van der Waals surface area contributed by atoms with E-state index in [0.717, 1.165) is 31.9 Å². The molecule has 1 unspecified atom stereocenters. The average molecular weight is 485 g/mol. The average Bonchev–Trinajstić information content (AvgIpc) is 2.85. The molecule has 5 nitrogen and oxygen atoms in total. The fraction of sp³-hybridized carbons (Fsp3) is 0.269. The molecule has 1 atom stereocenters. The highest BCUT2D eigenvalue weighted by Crippen LogP contribution is 2.32. The van der Waals surface area contributed by atoms with E-state index >= 15 is 0 Å². The molecule has 4 rings (SSSR count). The van der Waals surface area contributed by atoms with E-state index in [1.165, 1.54) is 0 Å². The number of ketones is 1. The molecule has 3 aromatic carbocycles. The second kappa shape index (κ2) is 11.0. The second-order valence-corrected chi connectivity index (χ2v) is 8.83. The third-order valence-electron chi connectivity index (χ3n) is 5.71. The first-order valence-corrected chi connectivity index (χ1v) is 11.7. The molecule has 0 amide bonds. The summed E-state index contributed by atoms with van der Waals surface area (Å²) in [5.74, 6) is 0.597. The van der Waals surface area contributed by atoms with E-state index < -0.39 is 6.10 Å². The van der Waals surface area contributed by atoms with E-state index in [1.54, 1.807) is 42.5 Å². The second-order valence-electron chi connectivity index (χ2n) is 8.04. The number of carbonyl (C=O) groups is 1. The summed E-state index contributed by atoms with van der Waals surface area (Å²) in [7, 11) is 0. The van der Waals surface area contributed by atoms with Crippen LogP contribution in [0, 0.1) is 0 Å². The van der Waals surface area contributed by atoms with Gasteiger partial charge >= 0.3 is 0 Å². The molecule has 3 aromatic rings. The molecule has 172 valence electrons. The number of aliphatic hydroxyl groups is 1. The Hall–Kier alpha value is -2.57. The summed E-state index contributed by atoms with van der Waals surface area (Å²) in [6.45, 7) is 3.97. The lowest BCUT2D eigenvalue weighted by Crippen LogP contribution is -2.49. The van der Waals surface area contributed by atoms with Gasteiger partial charge in [0.05, 0.1) is 15.7 Å². The minimum Gasteiger partial charge on any atom is -0.491 e. The molecular formula is C26H26Cl2N2O3. The maximum absolute atomic E-state index is 12.5. The molecule has 1 heterocycles. The fourth-order valence-electron chi connectivity index (χ4n) is 3.91. The Kier molecular flexibility index (Phi) is 7.89. The SMILES string of the molecule is O=C(c1ccccc1)c1ccc(OCC(O)CN2CCN(c3cccc(Cl)c3Cl)CC2)cc1. The van der Waals surface area contributed by atoms with Crippen molar-refractivity contribution in [2.45, 2.75) is 6.10 Å². The molecule has 1 N–H and O–H groups in total. The number of piperazine rings is 1. The van der Waals surface area contributed by atoms with Crippen molar-refractivity contribution < 1.29 is 14.6 Å². The number of rotatable bonds is 8. The highest BCUT2D eigenvalue weighted by Gasteiger charge is 2.21. The lowest BCUT2D eigenvalue weighted by Gasteiger charge is -2.37. The third-order valence-corrected chi connectivity index (χ3v) is 6.52. The van der Waals surface area contributed by atoms with Crippen LogP contribution in [0.25, 0.3) is 0 Å². The van der Waals surface area contributed by atoms with Gasteiger partial charge < -0.3 is 14.7 Å². The van der Waals surface area contributed by atoms with E-state index in [-0.39, 0.29) is 12.4 Å². The molecule has 1 fully saturated rings. The van der Waals surface area contributed by atoms with E-state index in [4.69, 9.17) is 27.9 Å². The van der Waals surface area contributed by atoms with E-state index in [9.17, 15) is 9.90 Å². The third kappa shape index (κ3) is 6.06. The lowest BCUT2D eigenvalue weighted by molar-refractivity contribution is 0.0663. The van der Waals surface area contributed by atoms with Crippen LogP contribution in [0.1, 0.15) is 15.9 Å². The molecule has 0 radical (unpaired) electrons. The van der Waals surface area contributed by atoms with Gasteiger partial charge in [-0.1, -0.05) is 59.6 Å². The van der Waals surface area contributed by atoms with Gasteiger partial charge in [-0.3, -0.25) is 9.69 Å². The number of hydrogen-bond donors (Lipinski definition) is 1. The van der Waals surface area contributed by atoms with Crippen molar-refractivity contribution >= 4 is 34.7 Å². The first kappa shape index (κ1) is 23.6. The molecule has 0 bridgehead atoms. The minimum atomic E-state index is -0.614. The normalized spacial score (nSPS) is 15.3. The zero-order valence-corrected chi connectivity index (χ0v) is 19.7. The first-order chi connectivity index (χ1) is 16.0. The lowest BCUT2D eigenvalue weighted by atomic mass is 10.0. The Morgan fingerprint density at radius 1 is 0.879 bits per heavy atom. The molecule has 0 aromatic heterocycles. The molecule has 7 heteroatoms. The quantitative estimate of drug-likeness (QED) is 0.466. The van der Waals surface area contributed by atoms with Gasteiger partial charge in [-0.05, 0) is 36.4 Å². The van der Waals surface area contributed by atoms with Crippen LogP contribution in [-0.2, 0) is 0 Å². The van der Waals surface area contributed by atoms with Crippen LogP contribution in [0.5, 0.6) is 5.75 Å². The van der Waals surface area contributed by atoms with E-state index in [0.29, 0.717) is 33.5 Å². The van der Waals surface area contributed by atoms with Crippen LogP contribution in [0.15, 0.2) is 72.8 Å². The number of carbonyl (C=O) groups excluding carboxylic acids is 1. The highest BCUT2D eigenvalue weighted by atomic mass is 35.5. The van der Waals surface area contributed by atoms with Crippen LogP contribution >= 0.6 is 23.2 Å². The summed E-state index contributed by atoms with van der Waals surface area (Å²) in [5.41, 5.74) is 2.20. The van der Waals surface area contributed by atoms with Crippen molar-refractivity contribution in [3.05, 3.63) is 94.0 Å². The van der Waals surface area contributed by atoms with Crippen molar-refractivity contribution in [1.82, 2.24) is 4.90 Å². The van der Waals surface area contributed by atoms with Gasteiger partial charge in [-0.2, -0.15) is 0 Å². The summed E-state index contributed by atoms with van der Waals surface area (Å²) in [5, 5.41) is 11.6. The number of hydrogen-bond acceptors (Lipinski definition) is 5. The van der Waals surface area contributed by atoms with Crippen molar-refractivity contribution in [2.75, 3.05) is 44.2 Å². The predicted molar refractivity (Wildman–Crippen MR) is 133 cm³/mol. The topological polar surface area (TPSA) is 53.0 Å². The Bertz CT molecular complexity index is 1070. The molecule has 1 aliphatic heterocycles. The van der Waals surface area contributed by atoms with Gasteiger partial charge in [0.1, 0.15) is 18.5 Å². The van der Waals surface area contributed by atoms with Crippen LogP contribution in [0.2, 0.25) is 10.0 Å². The summed E-state index contributed by atoms with van der Waals surface area (Å²) in [6.07, 6.45) is -0.614. The van der Waals surface area contributed by atoms with Crippen LogP contribution in [0.3, 0.4) is 0 Å². The number of aliphatic hydroxyl groups excluding tert-OH is 1. The molecule has 1 saturated heterocycles. The van der Waals surface area contributed by atoms with Gasteiger partial charge in [0.15, 0.2) is 5.78 Å². The number of ether oxygens (including phenoxy) is 1. The molecular weight excluding hydrogens is 459 g/mol. The van der Waals surface area contributed by atoms with Gasteiger partial charge in [0.2, 0.25) is 0 Å². The van der Waals surface area contributed by atoms with Crippen LogP contribution in [0.4, 0.5) is 5.69 Å². The van der Waals surface area contributed by atoms with E-state index in [2.05, 4.69) is 9.80 Å². The number of β-amino-alcohol motifs (C(OH)–C–C–N with tert-alkyl or cyclic N) is 1. The van der Waals surface area contributed by atoms with Crippen LogP contribution in [-0.4, -0.2) is 61.2 Å². The molecule has 0 spiro atoms. The predicted octanol–water partition coefficient (Wildman–Crippen LogP) is 4.79. The Morgan fingerprint density at radius 2 is 1.55 bits per heavy atom. The molecule has 33 heavy (non-hydrogen) atoms. The summed E-state index contributed by atoms with van der Waals surface area (Å²) < 4.78 is 5.74. The van der Waals surface area contributed by atoms with Crippen molar-refractivity contribution in [3.63, 3.8) is 0 Å². The zero-order valence-electron chi connectivity index (χ0n) is 18.2. The Morgan fingerprint density at radius 3 is 2.24 bits per heavy atom. The summed E-state index contributed by atoms with van der Waals surface area (Å²) in [4.78, 5) is 16.9. The smallest absolute Gasteiger partial charge is 0.193 e. The fourth-order valence-corrected chi connectivity index (χ4v) is 4.32. The summed E-state index contributed by atoms with van der Waals surface area (Å²) in [6, 6.07) is 21.9. The van der Waals surface area contributed by atoms with E-state index in [1.807, 2.05) is 30.3 Å². The van der Waals surface area contributed by atoms with Gasteiger partial charge in [-0.15, -0.1) is 0 Å². The first-order valence-electron chi connectivity index (χ1n) is 10.9. The zero-order chi connectivity index (χ0) is 23.2. The molecule has 0 saturated carbocycles. The monoisotopic (exact) mass is 484 g/mol. The standard InChI is InChI=1S/C26H26Cl2N2O3/c27-23-7-4-8-24(25(23)28)30-15-13-29(14-16-30)17-21(31)18-33-22-11-9-20(10-12-22)26(32)19-5-2-1-3-6-19/h1-12,21,31H,13-18H2. The van der Waals surface area contributed by atoms with Gasteiger partial charge in [0, 0.05) is 43.9 Å². The maximum atomic E-state index is 12.5. The molecule has 0 aliphatic carbocycles. The summed E-state index contributed by atoms with van der Waals surface area (Å²) >= 11 is 12.5. The van der Waals surface area contributed by atoms with Crippen molar-refractivity contribution in [1.29, 1.82) is 0 Å². The molecule has 1 aliphatic rings. The highest BCUT2D eigenvalue weighted by molar-refractivity contribution is 6.43.